The second kappa shape index (κ2) is 10.3. The van der Waals surface area contributed by atoms with Crippen LogP contribution in [0.1, 0.15) is 31.1 Å². The van der Waals surface area contributed by atoms with Crippen LogP contribution in [0.5, 0.6) is 11.5 Å². The highest BCUT2D eigenvalue weighted by Crippen LogP contribution is 2.42. The molecule has 37 heavy (non-hydrogen) atoms. The molecule has 1 aromatic heterocycles. The Balaban J connectivity index is 1.79. The van der Waals surface area contributed by atoms with Crippen molar-refractivity contribution in [3.63, 3.8) is 0 Å². The van der Waals surface area contributed by atoms with Gasteiger partial charge in [-0.05, 0) is 54.4 Å². The third kappa shape index (κ3) is 5.74. The summed E-state index contributed by atoms with van der Waals surface area (Å²) in [4.78, 5) is 31.6. The molecule has 0 bridgehead atoms. The molecule has 0 radical (unpaired) electrons. The van der Waals surface area contributed by atoms with Gasteiger partial charge < -0.3 is 14.6 Å². The van der Waals surface area contributed by atoms with Crippen molar-refractivity contribution in [1.29, 1.82) is 0 Å². The van der Waals surface area contributed by atoms with Crippen LogP contribution in [0, 0.1) is 5.92 Å². The van der Waals surface area contributed by atoms with E-state index >= 15 is 0 Å². The molecule has 1 amide bonds. The number of alkyl halides is 3. The zero-order chi connectivity index (χ0) is 26.7. The van der Waals surface area contributed by atoms with Crippen LogP contribution in [0.3, 0.4) is 0 Å². The van der Waals surface area contributed by atoms with E-state index in [1.807, 2.05) is 13.8 Å². The lowest BCUT2D eigenvalue weighted by atomic mass is 9.98. The van der Waals surface area contributed by atoms with E-state index in [2.05, 4.69) is 9.72 Å². The van der Waals surface area contributed by atoms with E-state index in [1.54, 1.807) is 42.5 Å². The summed E-state index contributed by atoms with van der Waals surface area (Å²) in [5.41, 5.74) is 0.213. The van der Waals surface area contributed by atoms with Gasteiger partial charge in [-0.3, -0.25) is 19.5 Å². The summed E-state index contributed by atoms with van der Waals surface area (Å²) in [5, 5.41) is 11.2. The number of amides is 1. The minimum atomic E-state index is -4.95. The van der Waals surface area contributed by atoms with Crippen molar-refractivity contribution in [3.05, 3.63) is 89.8 Å². The normalized spacial score (nSPS) is 17.4. The summed E-state index contributed by atoms with van der Waals surface area (Å²) in [6.45, 7) is 4.50. The summed E-state index contributed by atoms with van der Waals surface area (Å²) in [7, 11) is 0. The van der Waals surface area contributed by atoms with E-state index in [9.17, 15) is 27.9 Å². The van der Waals surface area contributed by atoms with Gasteiger partial charge >= 0.3 is 6.36 Å². The molecule has 0 saturated carbocycles. The molecule has 1 aliphatic rings. The summed E-state index contributed by atoms with van der Waals surface area (Å²) < 4.78 is 48.0. The Morgan fingerprint density at radius 2 is 1.76 bits per heavy atom. The van der Waals surface area contributed by atoms with Crippen molar-refractivity contribution in [1.82, 2.24) is 4.98 Å². The first-order chi connectivity index (χ1) is 17.5. The van der Waals surface area contributed by atoms with Gasteiger partial charge in [0.15, 0.2) is 0 Å². The van der Waals surface area contributed by atoms with Gasteiger partial charge in [0.2, 0.25) is 0 Å². The molecule has 4 rings (SSSR count). The first-order valence-corrected chi connectivity index (χ1v) is 11.4. The first kappa shape index (κ1) is 25.7. The number of Topliss-reactive ketones (excluding diaryl/α,β-unsaturated/α-hetero) is 1. The third-order valence-electron chi connectivity index (χ3n) is 5.45. The predicted molar refractivity (Wildman–Crippen MR) is 129 cm³/mol. The molecule has 7 nitrogen and oxygen atoms in total. The van der Waals surface area contributed by atoms with Gasteiger partial charge in [-0.1, -0.05) is 26.0 Å². The lowest BCUT2D eigenvalue weighted by Crippen LogP contribution is -2.30. The van der Waals surface area contributed by atoms with Crippen LogP contribution in [0.2, 0.25) is 0 Å². The number of aliphatic hydroxyl groups excluding tert-OH is 1. The van der Waals surface area contributed by atoms with Gasteiger partial charge in [-0.2, -0.15) is 0 Å². The molecule has 0 spiro atoms. The van der Waals surface area contributed by atoms with Crippen LogP contribution in [0.4, 0.5) is 18.9 Å². The van der Waals surface area contributed by atoms with Gasteiger partial charge in [0.25, 0.3) is 11.7 Å². The van der Waals surface area contributed by atoms with Crippen molar-refractivity contribution in [2.75, 3.05) is 11.5 Å². The molecule has 0 aliphatic carbocycles. The SMILES string of the molecule is CC(C)COc1ccc(/C(O)=C2\C(=O)C(=O)N(c3cccc(OC(F)(F)F)c3)C2c2ccccn2)cc1. The zero-order valence-electron chi connectivity index (χ0n) is 19.9. The number of carbonyl (C=O) groups is 2. The molecular weight excluding hydrogens is 489 g/mol. The molecule has 1 fully saturated rings. The number of aliphatic hydroxyl groups is 1. The van der Waals surface area contributed by atoms with Crippen molar-refractivity contribution in [2.45, 2.75) is 26.3 Å². The maximum Gasteiger partial charge on any atom is 0.573 e. The van der Waals surface area contributed by atoms with E-state index in [0.717, 1.165) is 17.0 Å². The summed E-state index contributed by atoms with van der Waals surface area (Å²) in [6, 6.07) is 14.7. The molecule has 2 aromatic carbocycles. The van der Waals surface area contributed by atoms with Crippen molar-refractivity contribution >= 4 is 23.1 Å². The highest BCUT2D eigenvalue weighted by molar-refractivity contribution is 6.51. The van der Waals surface area contributed by atoms with Crippen LogP contribution in [0.15, 0.2) is 78.5 Å². The van der Waals surface area contributed by atoms with E-state index in [1.165, 1.54) is 18.3 Å². The number of ether oxygens (including phenoxy) is 2. The second-order valence-electron chi connectivity index (χ2n) is 8.70. The number of benzene rings is 2. The number of nitrogens with zero attached hydrogens (tertiary/aromatic N) is 2. The highest BCUT2D eigenvalue weighted by Gasteiger charge is 2.47. The number of anilines is 1. The van der Waals surface area contributed by atoms with Crippen LogP contribution < -0.4 is 14.4 Å². The molecule has 192 valence electrons. The van der Waals surface area contributed by atoms with Gasteiger partial charge in [-0.25, -0.2) is 0 Å². The first-order valence-electron chi connectivity index (χ1n) is 11.4. The largest absolute Gasteiger partial charge is 0.573 e. The Morgan fingerprint density at radius 3 is 2.38 bits per heavy atom. The predicted octanol–water partition coefficient (Wildman–Crippen LogP) is 5.64. The van der Waals surface area contributed by atoms with E-state index in [-0.39, 0.29) is 22.5 Å². The minimum Gasteiger partial charge on any atom is -0.507 e. The number of pyridine rings is 1. The summed E-state index contributed by atoms with van der Waals surface area (Å²) in [5.74, 6) is -2.18. The summed E-state index contributed by atoms with van der Waals surface area (Å²) >= 11 is 0. The van der Waals surface area contributed by atoms with Crippen LogP contribution in [-0.2, 0) is 9.59 Å². The Morgan fingerprint density at radius 1 is 1.03 bits per heavy atom. The van der Waals surface area contributed by atoms with Crippen LogP contribution in [-0.4, -0.2) is 34.8 Å². The Labute approximate surface area is 210 Å². The molecule has 2 heterocycles. The number of rotatable bonds is 7. The maximum absolute atomic E-state index is 13.2. The number of ketones is 1. The minimum absolute atomic E-state index is 0.0315. The van der Waals surface area contributed by atoms with E-state index < -0.39 is 35.6 Å². The van der Waals surface area contributed by atoms with Gasteiger partial charge in [0, 0.05) is 23.5 Å². The zero-order valence-corrected chi connectivity index (χ0v) is 19.9. The summed E-state index contributed by atoms with van der Waals surface area (Å²) in [6.07, 6.45) is -3.50. The molecular formula is C27H23F3N2O5. The highest BCUT2D eigenvalue weighted by atomic mass is 19.4. The lowest BCUT2D eigenvalue weighted by Gasteiger charge is -2.25. The Hall–Kier alpha value is -4.34. The average molecular weight is 512 g/mol. The fourth-order valence-corrected chi connectivity index (χ4v) is 3.87. The number of carbonyl (C=O) groups excluding carboxylic acids is 2. The van der Waals surface area contributed by atoms with Crippen molar-refractivity contribution < 1.29 is 37.3 Å². The topological polar surface area (TPSA) is 89.0 Å². The maximum atomic E-state index is 13.2. The monoisotopic (exact) mass is 512 g/mol. The molecule has 1 saturated heterocycles. The fraction of sp³-hybridized carbons (Fsp3) is 0.222. The number of hydrogen-bond acceptors (Lipinski definition) is 6. The van der Waals surface area contributed by atoms with E-state index in [0.29, 0.717) is 18.3 Å². The van der Waals surface area contributed by atoms with Crippen molar-refractivity contribution in [2.24, 2.45) is 5.92 Å². The molecule has 3 aromatic rings. The number of aromatic nitrogens is 1. The quantitative estimate of drug-likeness (QED) is 0.250. The fourth-order valence-electron chi connectivity index (χ4n) is 3.87. The van der Waals surface area contributed by atoms with Gasteiger partial charge in [-0.15, -0.1) is 13.2 Å². The standard InChI is InChI=1S/C27H23F3N2O5/c1-16(2)15-36-19-11-9-17(10-12-19)24(33)22-23(21-8-3-4-13-31-21)32(26(35)25(22)34)18-6-5-7-20(14-18)37-27(28,29)30/h3-14,16,23,33H,15H2,1-2H3/b24-22+. The molecule has 10 heteroatoms. The van der Waals surface area contributed by atoms with Gasteiger partial charge in [0.1, 0.15) is 23.3 Å². The van der Waals surface area contributed by atoms with Crippen LogP contribution in [0.25, 0.3) is 5.76 Å². The molecule has 1 unspecified atom stereocenters. The lowest BCUT2D eigenvalue weighted by molar-refractivity contribution is -0.274. The number of halogens is 3. The smallest absolute Gasteiger partial charge is 0.507 e. The molecule has 1 N–H and O–H groups in total. The van der Waals surface area contributed by atoms with Crippen LogP contribution >= 0.6 is 0 Å². The van der Waals surface area contributed by atoms with Crippen molar-refractivity contribution in [3.8, 4) is 11.5 Å². The van der Waals surface area contributed by atoms with Gasteiger partial charge in [0.05, 0.1) is 17.9 Å². The second-order valence-corrected chi connectivity index (χ2v) is 8.70. The number of hydrogen-bond donors (Lipinski definition) is 1. The molecule has 1 atom stereocenters. The Kier molecular flexibility index (Phi) is 7.19. The third-order valence-corrected chi connectivity index (χ3v) is 5.45. The van der Waals surface area contributed by atoms with E-state index in [4.69, 9.17) is 4.74 Å². The molecule has 1 aliphatic heterocycles. The Bertz CT molecular complexity index is 1320. The average Bonchev–Trinajstić information content (AvgIpc) is 3.12.